The van der Waals surface area contributed by atoms with E-state index < -0.39 is 0 Å². The maximum Gasteiger partial charge on any atom is 0.159 e. The van der Waals surface area contributed by atoms with Gasteiger partial charge in [-0.3, -0.25) is 0 Å². The van der Waals surface area contributed by atoms with Crippen molar-refractivity contribution in [3.8, 4) is 33.5 Å². The minimum absolute atomic E-state index is 0.339. The summed E-state index contributed by atoms with van der Waals surface area (Å²) in [5.41, 5.74) is 14.6. The number of amidine groups is 2. The summed E-state index contributed by atoms with van der Waals surface area (Å²) >= 11 is 0. The van der Waals surface area contributed by atoms with E-state index in [1.165, 1.54) is 11.1 Å². The van der Waals surface area contributed by atoms with Crippen molar-refractivity contribution in [1.29, 1.82) is 0 Å². The van der Waals surface area contributed by atoms with Gasteiger partial charge in [-0.25, -0.2) is 15.0 Å². The van der Waals surface area contributed by atoms with Crippen LogP contribution >= 0.6 is 0 Å². The van der Waals surface area contributed by atoms with Crippen LogP contribution in [-0.2, 0) is 0 Å². The predicted molar refractivity (Wildman–Crippen MR) is 244 cm³/mol. The molecule has 0 saturated heterocycles. The van der Waals surface area contributed by atoms with Crippen LogP contribution in [0.25, 0.3) is 77.1 Å². The van der Waals surface area contributed by atoms with E-state index in [4.69, 9.17) is 19.4 Å². The number of fused-ring (bicyclic) bond motifs is 6. The van der Waals surface area contributed by atoms with Crippen LogP contribution in [-0.4, -0.2) is 16.7 Å². The number of aliphatic imine (C=N–C) groups is 2. The average Bonchev–Trinajstić information content (AvgIpc) is 3.67. The second-order valence-corrected chi connectivity index (χ2v) is 15.4. The lowest BCUT2D eigenvalue weighted by molar-refractivity contribution is 0.669. The second-order valence-electron chi connectivity index (χ2n) is 15.4. The van der Waals surface area contributed by atoms with Gasteiger partial charge in [0.1, 0.15) is 23.2 Å². The maximum absolute atomic E-state index is 6.66. The molecule has 1 aliphatic rings. The fraction of sp³-hybridized carbons (Fsp3) is 0.0556. The van der Waals surface area contributed by atoms with Crippen molar-refractivity contribution in [2.45, 2.75) is 20.0 Å². The monoisotopic (exact) mass is 758 g/mol. The molecule has 280 valence electrons. The molecule has 1 aliphatic heterocycles. The van der Waals surface area contributed by atoms with E-state index in [9.17, 15) is 0 Å². The zero-order valence-electron chi connectivity index (χ0n) is 32.6. The fourth-order valence-corrected chi connectivity index (χ4v) is 8.47. The smallest absolute Gasteiger partial charge is 0.159 e. The summed E-state index contributed by atoms with van der Waals surface area (Å²) in [6.07, 6.45) is -0.339. The lowest BCUT2D eigenvalue weighted by Gasteiger charge is -2.24. The number of nitrogens with zero attached hydrogens (tertiary/aromatic N) is 3. The topological polar surface area (TPSA) is 62.8 Å². The highest BCUT2D eigenvalue weighted by atomic mass is 16.3. The first-order chi connectivity index (χ1) is 29.0. The van der Waals surface area contributed by atoms with Gasteiger partial charge in [0.15, 0.2) is 5.84 Å². The molecule has 0 bridgehead atoms. The minimum atomic E-state index is -0.339. The van der Waals surface area contributed by atoms with Gasteiger partial charge in [-0.05, 0) is 66.4 Å². The molecule has 0 spiro atoms. The number of benzene rings is 8. The molecule has 2 aromatic heterocycles. The van der Waals surface area contributed by atoms with E-state index in [1.807, 2.05) is 12.1 Å². The number of hydrogen-bond donors (Lipinski definition) is 1. The summed E-state index contributed by atoms with van der Waals surface area (Å²) in [6, 6.07) is 64.0. The second kappa shape index (κ2) is 14.1. The van der Waals surface area contributed by atoms with E-state index in [0.717, 1.165) is 99.7 Å². The molecular weight excluding hydrogens is 721 g/mol. The highest BCUT2D eigenvalue weighted by molar-refractivity contribution is 6.28. The Kier molecular flexibility index (Phi) is 8.26. The van der Waals surface area contributed by atoms with Gasteiger partial charge >= 0.3 is 0 Å². The van der Waals surface area contributed by atoms with E-state index >= 15 is 0 Å². The van der Waals surface area contributed by atoms with Crippen LogP contribution in [0.2, 0.25) is 0 Å². The molecule has 3 heterocycles. The van der Waals surface area contributed by atoms with Crippen molar-refractivity contribution >= 4 is 55.3 Å². The molecule has 59 heavy (non-hydrogen) atoms. The number of aryl methyl sites for hydroxylation is 2. The molecule has 0 radical (unpaired) electrons. The number of nitrogens with one attached hydrogen (secondary N) is 1. The van der Waals surface area contributed by atoms with Crippen molar-refractivity contribution in [1.82, 2.24) is 10.3 Å². The predicted octanol–water partition coefficient (Wildman–Crippen LogP) is 13.4. The van der Waals surface area contributed by atoms with E-state index in [0.29, 0.717) is 5.84 Å². The molecule has 1 atom stereocenters. The van der Waals surface area contributed by atoms with Crippen LogP contribution < -0.4 is 5.32 Å². The lowest BCUT2D eigenvalue weighted by Crippen LogP contribution is -2.33. The van der Waals surface area contributed by atoms with E-state index in [2.05, 4.69) is 189 Å². The Balaban J connectivity index is 1.09. The zero-order valence-corrected chi connectivity index (χ0v) is 32.6. The van der Waals surface area contributed by atoms with Crippen LogP contribution in [0, 0.1) is 13.8 Å². The quantitative estimate of drug-likeness (QED) is 0.172. The Bertz CT molecular complexity index is 3310. The molecule has 11 rings (SSSR count). The number of para-hydroxylation sites is 2. The molecular formula is C54H38N4O. The highest BCUT2D eigenvalue weighted by Crippen LogP contribution is 2.46. The van der Waals surface area contributed by atoms with Crippen molar-refractivity contribution in [2.24, 2.45) is 9.98 Å². The largest absolute Gasteiger partial charge is 0.456 e. The fourth-order valence-electron chi connectivity index (χ4n) is 8.47. The summed E-state index contributed by atoms with van der Waals surface area (Å²) in [5, 5.41) is 9.18. The summed E-state index contributed by atoms with van der Waals surface area (Å²) < 4.78 is 6.66. The molecule has 0 amide bonds. The third-order valence-electron chi connectivity index (χ3n) is 11.4. The normalized spacial score (nSPS) is 14.1. The molecule has 5 nitrogen and oxygen atoms in total. The van der Waals surface area contributed by atoms with Gasteiger partial charge in [-0.2, -0.15) is 0 Å². The standard InChI is InChI=1S/C54H38N4O/c1-33-22-26-36(27-23-33)52-56-53(37-28-24-34(2)25-29-37)58-54(57-52)41-17-11-15-39(31-41)38-14-10-16-40(30-38)48-49-42-18-6-8-20-45(42)55-51(35-12-4-3-5-13-35)44(49)32-47-50(48)43-19-7-9-21-46(43)59-47/h3-32,54H,1-2H3,(H,56,57,58). The first-order valence-electron chi connectivity index (χ1n) is 20.0. The molecule has 1 N–H and O–H groups in total. The Morgan fingerprint density at radius 2 is 1.12 bits per heavy atom. The Morgan fingerprint density at radius 3 is 1.92 bits per heavy atom. The molecule has 5 heteroatoms. The first kappa shape index (κ1) is 34.6. The van der Waals surface area contributed by atoms with Gasteiger partial charge < -0.3 is 9.73 Å². The Morgan fingerprint density at radius 1 is 0.475 bits per heavy atom. The number of hydrogen-bond acceptors (Lipinski definition) is 5. The van der Waals surface area contributed by atoms with Gasteiger partial charge in [0, 0.05) is 49.2 Å². The first-order valence-corrected chi connectivity index (χ1v) is 20.0. The summed E-state index contributed by atoms with van der Waals surface area (Å²) in [4.78, 5) is 15.5. The van der Waals surface area contributed by atoms with E-state index in [1.54, 1.807) is 0 Å². The van der Waals surface area contributed by atoms with Crippen LogP contribution in [0.15, 0.2) is 196 Å². The van der Waals surface area contributed by atoms with Crippen molar-refractivity contribution in [2.75, 3.05) is 0 Å². The van der Waals surface area contributed by atoms with Crippen LogP contribution in [0.4, 0.5) is 0 Å². The molecule has 0 saturated carbocycles. The number of aromatic nitrogens is 1. The summed E-state index contributed by atoms with van der Waals surface area (Å²) in [5.74, 6) is 1.51. The van der Waals surface area contributed by atoms with Crippen LogP contribution in [0.5, 0.6) is 0 Å². The number of rotatable bonds is 6. The summed E-state index contributed by atoms with van der Waals surface area (Å²) in [7, 11) is 0. The minimum Gasteiger partial charge on any atom is -0.456 e. The van der Waals surface area contributed by atoms with Crippen LogP contribution in [0.3, 0.4) is 0 Å². The molecule has 0 aliphatic carbocycles. The third-order valence-corrected chi connectivity index (χ3v) is 11.4. The van der Waals surface area contributed by atoms with Crippen molar-refractivity contribution < 1.29 is 4.42 Å². The Labute approximate surface area is 342 Å². The maximum atomic E-state index is 6.66. The molecule has 0 fully saturated rings. The molecule has 8 aromatic carbocycles. The zero-order chi connectivity index (χ0) is 39.5. The van der Waals surface area contributed by atoms with Crippen molar-refractivity contribution in [3.63, 3.8) is 0 Å². The van der Waals surface area contributed by atoms with Crippen molar-refractivity contribution in [3.05, 3.63) is 210 Å². The van der Waals surface area contributed by atoms with Gasteiger partial charge in [-0.15, -0.1) is 0 Å². The van der Waals surface area contributed by atoms with Gasteiger partial charge in [-0.1, -0.05) is 163 Å². The number of furan rings is 1. The average molecular weight is 759 g/mol. The molecule has 1 unspecified atom stereocenters. The number of pyridine rings is 1. The summed E-state index contributed by atoms with van der Waals surface area (Å²) in [6.45, 7) is 4.20. The Hall–Kier alpha value is -7.63. The highest BCUT2D eigenvalue weighted by Gasteiger charge is 2.24. The van der Waals surface area contributed by atoms with E-state index in [-0.39, 0.29) is 6.17 Å². The lowest BCUT2D eigenvalue weighted by atomic mass is 9.88. The van der Waals surface area contributed by atoms with Crippen LogP contribution in [0.1, 0.15) is 34.0 Å². The van der Waals surface area contributed by atoms with Gasteiger partial charge in [0.2, 0.25) is 0 Å². The molecule has 10 aromatic rings. The van der Waals surface area contributed by atoms with Gasteiger partial charge in [0.25, 0.3) is 0 Å². The van der Waals surface area contributed by atoms with Gasteiger partial charge in [0.05, 0.1) is 11.2 Å². The SMILES string of the molecule is Cc1ccc(C2=NC(c3cccc(-c4cccc(-c5c6c(cc7c(-c8ccccc8)nc8ccccc8c57)oc5ccccc56)c4)c3)NC(c3ccc(C)cc3)=N2)cc1. The third kappa shape index (κ3) is 6.16.